The molecule has 1 N–H and O–H groups in total. The summed E-state index contributed by atoms with van der Waals surface area (Å²) < 4.78 is 11.9. The number of nitrogens with zero attached hydrogens (tertiary/aromatic N) is 2. The first kappa shape index (κ1) is 23.5. The van der Waals surface area contributed by atoms with Crippen molar-refractivity contribution in [3.05, 3.63) is 59.2 Å². The number of carbonyl (C=O) groups excluding carboxylic acids is 2. The maximum atomic E-state index is 12.8. The minimum absolute atomic E-state index is 0.0131. The van der Waals surface area contributed by atoms with Crippen molar-refractivity contribution in [1.29, 1.82) is 0 Å². The van der Waals surface area contributed by atoms with Gasteiger partial charge in [0.05, 0.1) is 12.3 Å². The first-order valence-electron chi connectivity index (χ1n) is 11.9. The summed E-state index contributed by atoms with van der Waals surface area (Å²) >= 11 is 0. The van der Waals surface area contributed by atoms with E-state index in [-0.39, 0.29) is 18.3 Å². The van der Waals surface area contributed by atoms with Crippen LogP contribution in [-0.2, 0) is 4.79 Å². The van der Waals surface area contributed by atoms with Crippen LogP contribution in [0, 0.1) is 0 Å². The van der Waals surface area contributed by atoms with Crippen molar-refractivity contribution >= 4 is 28.8 Å². The monoisotopic (exact) mass is 461 g/mol. The smallest absolute Gasteiger partial charge is 0.219 e. The number of aliphatic imine (C=N–C) groups is 1. The molecule has 1 amide bonds. The van der Waals surface area contributed by atoms with E-state index in [0.717, 1.165) is 47.7 Å². The second-order valence-corrected chi connectivity index (χ2v) is 8.27. The second kappa shape index (κ2) is 10.5. The van der Waals surface area contributed by atoms with E-state index in [1.54, 1.807) is 18.2 Å². The van der Waals surface area contributed by atoms with Crippen LogP contribution in [0.1, 0.15) is 49.5 Å². The minimum Gasteiger partial charge on any atom is -0.492 e. The molecule has 7 heteroatoms. The Morgan fingerprint density at radius 2 is 2.00 bits per heavy atom. The van der Waals surface area contributed by atoms with Crippen molar-refractivity contribution in [2.24, 2.45) is 4.99 Å². The van der Waals surface area contributed by atoms with Gasteiger partial charge in [-0.05, 0) is 49.8 Å². The molecule has 0 atom stereocenters. The van der Waals surface area contributed by atoms with Gasteiger partial charge in [0.15, 0.2) is 5.78 Å². The summed E-state index contributed by atoms with van der Waals surface area (Å²) in [4.78, 5) is 31.4. The molecule has 178 valence electrons. The van der Waals surface area contributed by atoms with Crippen LogP contribution in [0.25, 0.3) is 0 Å². The Bertz CT molecular complexity index is 1150. The van der Waals surface area contributed by atoms with E-state index in [0.29, 0.717) is 36.6 Å². The molecule has 0 radical (unpaired) electrons. The van der Waals surface area contributed by atoms with Crippen LogP contribution in [-0.4, -0.2) is 50.3 Å². The van der Waals surface area contributed by atoms with Crippen molar-refractivity contribution in [2.45, 2.75) is 33.6 Å². The maximum Gasteiger partial charge on any atom is 0.219 e. The lowest BCUT2D eigenvalue weighted by Crippen LogP contribution is -2.27. The Kier molecular flexibility index (Phi) is 7.30. The average Bonchev–Trinajstić information content (AvgIpc) is 3.04. The lowest BCUT2D eigenvalue weighted by Gasteiger charge is -2.23. The molecule has 0 aromatic heterocycles. The summed E-state index contributed by atoms with van der Waals surface area (Å²) in [7, 11) is 0. The Labute approximate surface area is 200 Å². The van der Waals surface area contributed by atoms with Crippen LogP contribution < -0.4 is 19.7 Å². The third-order valence-corrected chi connectivity index (χ3v) is 5.93. The minimum atomic E-state index is -0.0685. The molecule has 4 rings (SSSR count). The number of hydrogen-bond donors (Lipinski definition) is 1. The van der Waals surface area contributed by atoms with Crippen molar-refractivity contribution in [1.82, 2.24) is 5.32 Å². The van der Waals surface area contributed by atoms with Crippen molar-refractivity contribution in [2.75, 3.05) is 37.7 Å². The molecule has 0 unspecified atom stereocenters. The Hall–Kier alpha value is -3.61. The molecule has 1 aliphatic heterocycles. The van der Waals surface area contributed by atoms with Crippen molar-refractivity contribution in [3.8, 4) is 11.5 Å². The Balaban J connectivity index is 1.62. The van der Waals surface area contributed by atoms with Gasteiger partial charge < -0.3 is 19.7 Å². The van der Waals surface area contributed by atoms with E-state index in [2.05, 4.69) is 30.1 Å². The number of allylic oxidation sites excluding steroid dienone is 1. The van der Waals surface area contributed by atoms with Crippen LogP contribution >= 0.6 is 0 Å². The van der Waals surface area contributed by atoms with E-state index in [9.17, 15) is 9.59 Å². The van der Waals surface area contributed by atoms with Gasteiger partial charge in [-0.2, -0.15) is 0 Å². The van der Waals surface area contributed by atoms with E-state index in [4.69, 9.17) is 14.5 Å². The lowest BCUT2D eigenvalue weighted by atomic mass is 9.89. The van der Waals surface area contributed by atoms with Crippen LogP contribution in [0.15, 0.2) is 53.0 Å². The molecule has 2 aliphatic rings. The van der Waals surface area contributed by atoms with Crippen LogP contribution in [0.4, 0.5) is 11.4 Å². The van der Waals surface area contributed by atoms with Crippen molar-refractivity contribution < 1.29 is 19.1 Å². The predicted molar refractivity (Wildman–Crippen MR) is 134 cm³/mol. The van der Waals surface area contributed by atoms with Gasteiger partial charge in [-0.25, -0.2) is 4.99 Å². The number of carbonyl (C=O) groups is 2. The fraction of sp³-hybridized carbons (Fsp3) is 0.370. The molecule has 2 aromatic rings. The topological polar surface area (TPSA) is 80.2 Å². The molecule has 1 aliphatic carbocycles. The molecular weight excluding hydrogens is 430 g/mol. The van der Waals surface area contributed by atoms with Gasteiger partial charge in [0.25, 0.3) is 0 Å². The second-order valence-electron chi connectivity index (χ2n) is 8.27. The number of rotatable bonds is 9. The lowest BCUT2D eigenvalue weighted by molar-refractivity contribution is -0.120. The number of ketones is 1. The van der Waals surface area contributed by atoms with Crippen LogP contribution in [0.5, 0.6) is 11.5 Å². The molecule has 1 heterocycles. The molecule has 34 heavy (non-hydrogen) atoms. The number of hydrogen-bond acceptors (Lipinski definition) is 6. The average molecular weight is 462 g/mol. The van der Waals surface area contributed by atoms with Gasteiger partial charge in [-0.3, -0.25) is 9.59 Å². The summed E-state index contributed by atoms with van der Waals surface area (Å²) in [6.07, 6.45) is 3.12. The van der Waals surface area contributed by atoms with Crippen LogP contribution in [0.2, 0.25) is 0 Å². The maximum absolute atomic E-state index is 12.8. The number of amides is 1. The number of benzene rings is 2. The molecule has 0 saturated carbocycles. The molecule has 7 nitrogen and oxygen atoms in total. The van der Waals surface area contributed by atoms with Gasteiger partial charge in [0, 0.05) is 48.0 Å². The van der Waals surface area contributed by atoms with E-state index < -0.39 is 0 Å². The van der Waals surface area contributed by atoms with Crippen molar-refractivity contribution in [3.63, 3.8) is 0 Å². The zero-order valence-corrected chi connectivity index (χ0v) is 20.0. The zero-order valence-electron chi connectivity index (χ0n) is 20.0. The third-order valence-electron chi connectivity index (χ3n) is 5.93. The number of ether oxygens (including phenoxy) is 2. The molecule has 0 saturated heterocycles. The number of nitrogens with one attached hydrogen (secondary N) is 1. The van der Waals surface area contributed by atoms with Gasteiger partial charge in [-0.1, -0.05) is 13.8 Å². The highest BCUT2D eigenvalue weighted by molar-refractivity contribution is 6.27. The Morgan fingerprint density at radius 1 is 1.15 bits per heavy atom. The summed E-state index contributed by atoms with van der Waals surface area (Å²) in [5.41, 5.74) is 4.65. The number of fused-ring (bicyclic) bond motifs is 4. The Morgan fingerprint density at radius 3 is 2.76 bits per heavy atom. The zero-order chi connectivity index (χ0) is 24.1. The third kappa shape index (κ3) is 4.98. The highest BCUT2D eigenvalue weighted by atomic mass is 16.5. The first-order valence-corrected chi connectivity index (χ1v) is 11.9. The fourth-order valence-electron chi connectivity index (χ4n) is 4.15. The fourth-order valence-corrected chi connectivity index (χ4v) is 4.15. The molecule has 2 aromatic carbocycles. The normalized spacial score (nSPS) is 13.9. The summed E-state index contributed by atoms with van der Waals surface area (Å²) in [6.45, 7) is 9.04. The van der Waals surface area contributed by atoms with Gasteiger partial charge in [-0.15, -0.1) is 0 Å². The largest absolute Gasteiger partial charge is 0.492 e. The summed E-state index contributed by atoms with van der Waals surface area (Å²) in [6, 6.07) is 11.5. The van der Waals surface area contributed by atoms with Crippen LogP contribution in [0.3, 0.4) is 0 Å². The molecule has 0 bridgehead atoms. The van der Waals surface area contributed by atoms with E-state index >= 15 is 0 Å². The number of anilines is 1. The van der Waals surface area contributed by atoms with E-state index in [1.807, 2.05) is 25.1 Å². The molecule has 0 spiro atoms. The molecular formula is C27H31N3O4. The SMILES string of the molecule is CCCN(CC)c1ccc2c(c1)OCC1=CC(=O)c3ccc(OCCNC(=O)CC)cc3C1=N2. The summed E-state index contributed by atoms with van der Waals surface area (Å²) in [5, 5.41) is 2.79. The highest BCUT2D eigenvalue weighted by Crippen LogP contribution is 2.38. The standard InChI is InChI=1S/C27H31N3O4/c1-4-12-30(6-3)19-7-10-23-25(15-19)34-17-18-14-24(31)21-9-8-20(16-22(21)27(18)29-23)33-13-11-28-26(32)5-2/h7-10,14-16H,4-6,11-13,17H2,1-3H3,(H,28,32). The summed E-state index contributed by atoms with van der Waals surface area (Å²) in [5.74, 6) is 1.25. The predicted octanol–water partition coefficient (Wildman–Crippen LogP) is 4.46. The first-order chi connectivity index (χ1) is 16.5. The van der Waals surface area contributed by atoms with E-state index in [1.165, 1.54) is 0 Å². The molecule has 0 fully saturated rings. The van der Waals surface area contributed by atoms with Gasteiger partial charge in [0.1, 0.15) is 30.4 Å². The highest BCUT2D eigenvalue weighted by Gasteiger charge is 2.27. The quantitative estimate of drug-likeness (QED) is 0.558. The van der Waals surface area contributed by atoms with Gasteiger partial charge >= 0.3 is 0 Å². The van der Waals surface area contributed by atoms with Gasteiger partial charge in [0.2, 0.25) is 5.91 Å².